The molecule has 1 aromatic carbocycles. The second-order valence-electron chi connectivity index (χ2n) is 3.68. The Morgan fingerprint density at radius 3 is 2.70 bits per heavy atom. The molecule has 7 heteroatoms. The number of likely N-dealkylation sites (N-methyl/N-ethyl adjacent to an activating group) is 1. The first-order chi connectivity index (χ1) is 9.58. The van der Waals surface area contributed by atoms with Crippen molar-refractivity contribution in [3.05, 3.63) is 28.8 Å². The van der Waals surface area contributed by atoms with Gasteiger partial charge in [-0.1, -0.05) is 11.6 Å². The number of rotatable bonds is 5. The fraction of sp³-hybridized carbons (Fsp3) is 0.308. The maximum atomic E-state index is 11.2. The maximum absolute atomic E-state index is 11.2. The van der Waals surface area contributed by atoms with Crippen LogP contribution in [0.15, 0.2) is 23.3 Å². The second kappa shape index (κ2) is 8.16. The molecule has 0 aliphatic carbocycles. The predicted molar refractivity (Wildman–Crippen MR) is 77.0 cm³/mol. The number of hydrogen-bond donors (Lipinski definition) is 2. The Hall–Kier alpha value is -2.08. The molecular weight excluding hydrogens is 282 g/mol. The number of carbonyl (C=O) groups is 2. The first kappa shape index (κ1) is 16.0. The van der Waals surface area contributed by atoms with E-state index in [2.05, 4.69) is 15.8 Å². The molecule has 0 saturated carbocycles. The second-order valence-corrected chi connectivity index (χ2v) is 4.09. The molecule has 0 unspecified atom stereocenters. The van der Waals surface area contributed by atoms with Gasteiger partial charge in [-0.3, -0.25) is 9.59 Å². The molecule has 0 fully saturated rings. The Balaban J connectivity index is 2.60. The molecule has 108 valence electrons. The average molecular weight is 298 g/mol. The number of hydrazone groups is 1. The fourth-order valence-electron chi connectivity index (χ4n) is 1.33. The van der Waals surface area contributed by atoms with Crippen LogP contribution in [0.4, 0.5) is 0 Å². The Morgan fingerprint density at radius 1 is 1.35 bits per heavy atom. The van der Waals surface area contributed by atoms with Gasteiger partial charge in [0.25, 0.3) is 0 Å². The lowest BCUT2D eigenvalue weighted by Gasteiger charge is -2.05. The highest BCUT2D eigenvalue weighted by Gasteiger charge is 2.10. The molecule has 2 amide bonds. The van der Waals surface area contributed by atoms with Crippen molar-refractivity contribution in [2.75, 3.05) is 13.2 Å². The first-order valence-electron chi connectivity index (χ1n) is 6.12. The third-order valence-electron chi connectivity index (χ3n) is 2.18. The number of ether oxygens (including phenoxy) is 1. The fourth-order valence-corrected chi connectivity index (χ4v) is 1.57. The molecular formula is C13H16ClN3O3. The van der Waals surface area contributed by atoms with Gasteiger partial charge in [0, 0.05) is 6.54 Å². The number of hydrogen-bond acceptors (Lipinski definition) is 4. The Bertz CT molecular complexity index is 518. The summed E-state index contributed by atoms with van der Waals surface area (Å²) in [6.45, 7) is 4.49. The summed E-state index contributed by atoms with van der Waals surface area (Å²) in [6.07, 6.45) is 1.39. The zero-order chi connectivity index (χ0) is 15.0. The van der Waals surface area contributed by atoms with E-state index >= 15 is 0 Å². The van der Waals surface area contributed by atoms with Crippen molar-refractivity contribution in [2.24, 2.45) is 5.10 Å². The van der Waals surface area contributed by atoms with Crippen LogP contribution in [0.2, 0.25) is 5.02 Å². The molecule has 6 nitrogen and oxygen atoms in total. The summed E-state index contributed by atoms with van der Waals surface area (Å²) in [7, 11) is 0. The van der Waals surface area contributed by atoms with Gasteiger partial charge in [-0.2, -0.15) is 5.10 Å². The van der Waals surface area contributed by atoms with Gasteiger partial charge in [-0.15, -0.1) is 0 Å². The van der Waals surface area contributed by atoms with Crippen molar-refractivity contribution in [3.63, 3.8) is 0 Å². The topological polar surface area (TPSA) is 79.8 Å². The van der Waals surface area contributed by atoms with Crippen LogP contribution in [0.5, 0.6) is 5.75 Å². The highest BCUT2D eigenvalue weighted by atomic mass is 35.5. The lowest BCUT2D eigenvalue weighted by molar-refractivity contribution is -0.139. The molecule has 0 radical (unpaired) electrons. The van der Waals surface area contributed by atoms with Crippen molar-refractivity contribution >= 4 is 29.6 Å². The van der Waals surface area contributed by atoms with E-state index in [4.69, 9.17) is 16.3 Å². The minimum atomic E-state index is -0.819. The lowest BCUT2D eigenvalue weighted by Crippen LogP contribution is -2.37. The summed E-state index contributed by atoms with van der Waals surface area (Å²) < 4.78 is 5.29. The zero-order valence-corrected chi connectivity index (χ0v) is 12.0. The van der Waals surface area contributed by atoms with Crippen LogP contribution in [0.1, 0.15) is 19.4 Å². The summed E-state index contributed by atoms with van der Waals surface area (Å²) in [4.78, 5) is 22.4. The average Bonchev–Trinajstić information content (AvgIpc) is 2.42. The SMILES string of the molecule is CCNC(=O)C(=O)N/N=C\c1ccc(OCC)c(Cl)c1. The van der Waals surface area contributed by atoms with Gasteiger partial charge in [-0.05, 0) is 37.6 Å². The molecule has 0 aliphatic rings. The molecule has 0 heterocycles. The first-order valence-corrected chi connectivity index (χ1v) is 6.49. The van der Waals surface area contributed by atoms with E-state index in [0.29, 0.717) is 29.5 Å². The number of carbonyl (C=O) groups excluding carboxylic acids is 2. The molecule has 2 N–H and O–H groups in total. The Kier molecular flexibility index (Phi) is 6.52. The highest BCUT2D eigenvalue weighted by Crippen LogP contribution is 2.24. The number of amides is 2. The molecule has 1 rings (SSSR count). The van der Waals surface area contributed by atoms with E-state index in [1.54, 1.807) is 25.1 Å². The van der Waals surface area contributed by atoms with E-state index < -0.39 is 11.8 Å². The minimum Gasteiger partial charge on any atom is -0.492 e. The molecule has 0 aromatic heterocycles. The van der Waals surface area contributed by atoms with Crippen LogP contribution >= 0.6 is 11.6 Å². The number of halogens is 1. The normalized spacial score (nSPS) is 10.3. The lowest BCUT2D eigenvalue weighted by atomic mass is 10.2. The van der Waals surface area contributed by atoms with Gasteiger partial charge in [0.15, 0.2) is 0 Å². The van der Waals surface area contributed by atoms with Crippen LogP contribution in [-0.4, -0.2) is 31.2 Å². The van der Waals surface area contributed by atoms with Gasteiger partial charge in [0.2, 0.25) is 0 Å². The van der Waals surface area contributed by atoms with Gasteiger partial charge in [0.1, 0.15) is 5.75 Å². The minimum absolute atomic E-state index is 0.379. The molecule has 0 bridgehead atoms. The Labute approximate surface area is 122 Å². The van der Waals surface area contributed by atoms with Gasteiger partial charge in [-0.25, -0.2) is 5.43 Å². The van der Waals surface area contributed by atoms with Gasteiger partial charge < -0.3 is 10.1 Å². The van der Waals surface area contributed by atoms with Gasteiger partial charge in [0.05, 0.1) is 17.8 Å². The third-order valence-corrected chi connectivity index (χ3v) is 2.47. The van der Waals surface area contributed by atoms with Crippen molar-refractivity contribution < 1.29 is 14.3 Å². The van der Waals surface area contributed by atoms with E-state index in [9.17, 15) is 9.59 Å². The van der Waals surface area contributed by atoms with Gasteiger partial charge >= 0.3 is 11.8 Å². The molecule has 0 aliphatic heterocycles. The van der Waals surface area contributed by atoms with Crippen molar-refractivity contribution in [1.29, 1.82) is 0 Å². The molecule has 0 saturated heterocycles. The van der Waals surface area contributed by atoms with E-state index in [1.807, 2.05) is 6.92 Å². The smallest absolute Gasteiger partial charge is 0.329 e. The molecule has 20 heavy (non-hydrogen) atoms. The molecule has 1 aromatic rings. The Morgan fingerprint density at radius 2 is 2.10 bits per heavy atom. The quantitative estimate of drug-likeness (QED) is 0.489. The number of nitrogens with one attached hydrogen (secondary N) is 2. The molecule has 0 spiro atoms. The van der Waals surface area contributed by atoms with Crippen molar-refractivity contribution in [2.45, 2.75) is 13.8 Å². The number of benzene rings is 1. The molecule has 0 atom stereocenters. The van der Waals surface area contributed by atoms with Crippen LogP contribution in [0, 0.1) is 0 Å². The largest absolute Gasteiger partial charge is 0.492 e. The van der Waals surface area contributed by atoms with Crippen LogP contribution < -0.4 is 15.5 Å². The zero-order valence-electron chi connectivity index (χ0n) is 11.3. The predicted octanol–water partition coefficient (Wildman–Crippen LogP) is 1.32. The summed E-state index contributed by atoms with van der Waals surface area (Å²) in [5.41, 5.74) is 2.79. The van der Waals surface area contributed by atoms with Crippen molar-refractivity contribution in [3.8, 4) is 5.75 Å². The van der Waals surface area contributed by atoms with E-state index in [-0.39, 0.29) is 0 Å². The van der Waals surface area contributed by atoms with Crippen molar-refractivity contribution in [1.82, 2.24) is 10.7 Å². The van der Waals surface area contributed by atoms with Crippen LogP contribution in [-0.2, 0) is 9.59 Å². The van der Waals surface area contributed by atoms with Crippen LogP contribution in [0.3, 0.4) is 0 Å². The summed E-state index contributed by atoms with van der Waals surface area (Å²) in [5.74, 6) is -0.966. The van der Waals surface area contributed by atoms with E-state index in [0.717, 1.165) is 0 Å². The standard InChI is InChI=1S/C13H16ClN3O3/c1-3-15-12(18)13(19)17-16-8-9-5-6-11(20-4-2)10(14)7-9/h5-8H,3-4H2,1-2H3,(H,15,18)(H,17,19)/b16-8-. The summed E-state index contributed by atoms with van der Waals surface area (Å²) in [6, 6.07) is 5.09. The summed E-state index contributed by atoms with van der Waals surface area (Å²) in [5, 5.41) is 6.49. The van der Waals surface area contributed by atoms with Crippen LogP contribution in [0.25, 0.3) is 0 Å². The third kappa shape index (κ3) is 4.89. The van der Waals surface area contributed by atoms with E-state index in [1.165, 1.54) is 6.21 Å². The highest BCUT2D eigenvalue weighted by molar-refractivity contribution is 6.35. The monoisotopic (exact) mass is 297 g/mol. The summed E-state index contributed by atoms with van der Waals surface area (Å²) >= 11 is 6.00. The number of nitrogens with zero attached hydrogens (tertiary/aromatic N) is 1. The maximum Gasteiger partial charge on any atom is 0.329 e.